The van der Waals surface area contributed by atoms with Crippen molar-refractivity contribution in [1.29, 1.82) is 0 Å². The van der Waals surface area contributed by atoms with Crippen molar-refractivity contribution in [2.45, 2.75) is 71.1 Å². The summed E-state index contributed by atoms with van der Waals surface area (Å²) in [6, 6.07) is 0. The molecule has 0 aliphatic heterocycles. The molecule has 3 heteroatoms. The molecule has 0 aliphatic carbocycles. The summed E-state index contributed by atoms with van der Waals surface area (Å²) >= 11 is 8.84. The van der Waals surface area contributed by atoms with E-state index in [-0.39, 0.29) is 0 Å². The standard InChI is InChI=1S/C16H30S3/c1-3-5-6-7-8-9-10-11-12-13-15-19-16(17)18-14-4-2/h4H,2-3,5-15H2,1H3. The summed E-state index contributed by atoms with van der Waals surface area (Å²) in [7, 11) is 0. The van der Waals surface area contributed by atoms with E-state index in [0.29, 0.717) is 0 Å². The average molecular weight is 319 g/mol. The fraction of sp³-hybridized carbons (Fsp3) is 0.812. The van der Waals surface area contributed by atoms with Crippen molar-refractivity contribution in [2.75, 3.05) is 11.5 Å². The molecule has 0 saturated carbocycles. The van der Waals surface area contributed by atoms with E-state index in [1.54, 1.807) is 11.8 Å². The fourth-order valence-electron chi connectivity index (χ4n) is 1.91. The summed E-state index contributed by atoms with van der Waals surface area (Å²) in [5, 5.41) is 0. The van der Waals surface area contributed by atoms with E-state index in [9.17, 15) is 0 Å². The molecule has 0 nitrogen and oxygen atoms in total. The Balaban J connectivity index is 3.06. The number of unbranched alkanes of at least 4 members (excludes halogenated alkanes) is 9. The van der Waals surface area contributed by atoms with Gasteiger partial charge in [0, 0.05) is 5.75 Å². The van der Waals surface area contributed by atoms with Gasteiger partial charge < -0.3 is 0 Å². The van der Waals surface area contributed by atoms with E-state index in [2.05, 4.69) is 13.5 Å². The van der Waals surface area contributed by atoms with Gasteiger partial charge in [-0.05, 0) is 12.2 Å². The van der Waals surface area contributed by atoms with Crippen LogP contribution in [0.5, 0.6) is 0 Å². The Morgan fingerprint density at radius 2 is 1.42 bits per heavy atom. The van der Waals surface area contributed by atoms with Gasteiger partial charge in [0.1, 0.15) is 3.53 Å². The number of rotatable bonds is 13. The van der Waals surface area contributed by atoms with Crippen LogP contribution in [0.25, 0.3) is 0 Å². The maximum absolute atomic E-state index is 5.27. The molecule has 0 saturated heterocycles. The molecule has 0 rings (SSSR count). The third-order valence-electron chi connectivity index (χ3n) is 3.04. The van der Waals surface area contributed by atoms with Crippen molar-refractivity contribution in [2.24, 2.45) is 0 Å². The Labute approximate surface area is 134 Å². The van der Waals surface area contributed by atoms with Crippen LogP contribution in [0.2, 0.25) is 0 Å². The molecule has 0 fully saturated rings. The predicted octanol–water partition coefficient (Wildman–Crippen LogP) is 6.84. The highest BCUT2D eigenvalue weighted by atomic mass is 32.2. The van der Waals surface area contributed by atoms with Crippen LogP contribution in [0.3, 0.4) is 0 Å². The first-order chi connectivity index (χ1) is 9.31. The zero-order valence-corrected chi connectivity index (χ0v) is 14.9. The summed E-state index contributed by atoms with van der Waals surface area (Å²) in [6.07, 6.45) is 16.0. The highest BCUT2D eigenvalue weighted by Gasteiger charge is 1.97. The van der Waals surface area contributed by atoms with Gasteiger partial charge in [0.15, 0.2) is 0 Å². The molecular formula is C16H30S3. The zero-order chi connectivity index (χ0) is 14.2. The monoisotopic (exact) mass is 318 g/mol. The summed E-state index contributed by atoms with van der Waals surface area (Å²) in [5.41, 5.74) is 0. The molecular weight excluding hydrogens is 288 g/mol. The second-order valence-corrected chi connectivity index (χ2v) is 8.20. The smallest absolute Gasteiger partial charge is 0.104 e. The van der Waals surface area contributed by atoms with Crippen LogP contribution in [-0.4, -0.2) is 15.0 Å². The lowest BCUT2D eigenvalue weighted by Gasteiger charge is -2.03. The first-order valence-electron chi connectivity index (χ1n) is 7.71. The maximum atomic E-state index is 5.27. The summed E-state index contributed by atoms with van der Waals surface area (Å²) in [6.45, 7) is 5.98. The van der Waals surface area contributed by atoms with Gasteiger partial charge in [0.25, 0.3) is 0 Å². The van der Waals surface area contributed by atoms with Gasteiger partial charge in [-0.1, -0.05) is 83.0 Å². The first kappa shape index (κ1) is 19.5. The van der Waals surface area contributed by atoms with Crippen LogP contribution in [0, 0.1) is 0 Å². The van der Waals surface area contributed by atoms with Crippen LogP contribution < -0.4 is 0 Å². The van der Waals surface area contributed by atoms with E-state index >= 15 is 0 Å². The summed E-state index contributed by atoms with van der Waals surface area (Å²) < 4.78 is 1.08. The Morgan fingerprint density at radius 1 is 0.895 bits per heavy atom. The van der Waals surface area contributed by atoms with E-state index < -0.39 is 0 Å². The quantitative estimate of drug-likeness (QED) is 0.207. The van der Waals surface area contributed by atoms with E-state index in [4.69, 9.17) is 12.2 Å². The SMILES string of the molecule is C=CCSC(=S)SCCCCCCCCCCCC. The lowest BCUT2D eigenvalue weighted by molar-refractivity contribution is 0.563. The zero-order valence-electron chi connectivity index (χ0n) is 12.5. The third-order valence-corrected chi connectivity index (χ3v) is 5.82. The van der Waals surface area contributed by atoms with Crippen LogP contribution >= 0.6 is 35.7 Å². The normalized spacial score (nSPS) is 10.6. The van der Waals surface area contributed by atoms with E-state index in [1.807, 2.05) is 17.8 Å². The minimum atomic E-state index is 0.948. The molecule has 0 bridgehead atoms. The first-order valence-corrected chi connectivity index (χ1v) is 10.1. The van der Waals surface area contributed by atoms with Gasteiger partial charge in [-0.2, -0.15) is 0 Å². The average Bonchev–Trinajstić information content (AvgIpc) is 2.42. The van der Waals surface area contributed by atoms with Gasteiger partial charge in [0.05, 0.1) is 0 Å². The lowest BCUT2D eigenvalue weighted by atomic mass is 10.1. The number of hydrogen-bond donors (Lipinski definition) is 0. The number of hydrogen-bond acceptors (Lipinski definition) is 3. The molecule has 0 aromatic rings. The summed E-state index contributed by atoms with van der Waals surface area (Å²) in [4.78, 5) is 0. The molecule has 0 aromatic carbocycles. The Bertz CT molecular complexity index is 214. The molecule has 0 spiro atoms. The third kappa shape index (κ3) is 16.5. The largest absolute Gasteiger partial charge is 0.108 e. The van der Waals surface area contributed by atoms with Crippen LogP contribution in [-0.2, 0) is 0 Å². The van der Waals surface area contributed by atoms with Crippen molar-refractivity contribution in [1.82, 2.24) is 0 Å². The fourth-order valence-corrected chi connectivity index (χ4v) is 3.92. The highest BCUT2D eigenvalue weighted by molar-refractivity contribution is 8.47. The molecule has 0 N–H and O–H groups in total. The Morgan fingerprint density at radius 3 is 1.95 bits per heavy atom. The number of thiocarbonyl (C=S) groups is 1. The topological polar surface area (TPSA) is 0 Å². The second-order valence-electron chi connectivity index (χ2n) is 4.88. The van der Waals surface area contributed by atoms with Gasteiger partial charge in [-0.25, -0.2) is 0 Å². The molecule has 0 heterocycles. The molecule has 112 valence electrons. The molecule has 0 aromatic heterocycles. The lowest BCUT2D eigenvalue weighted by Crippen LogP contribution is -1.87. The van der Waals surface area contributed by atoms with Crippen molar-refractivity contribution in [3.05, 3.63) is 12.7 Å². The highest BCUT2D eigenvalue weighted by Crippen LogP contribution is 2.19. The molecule has 19 heavy (non-hydrogen) atoms. The van der Waals surface area contributed by atoms with Crippen LogP contribution in [0.1, 0.15) is 71.1 Å². The minimum absolute atomic E-state index is 0.948. The van der Waals surface area contributed by atoms with Gasteiger partial charge in [-0.3, -0.25) is 0 Å². The maximum Gasteiger partial charge on any atom is 0.104 e. The summed E-state index contributed by atoms with van der Waals surface area (Å²) in [5.74, 6) is 2.14. The molecule has 0 unspecified atom stereocenters. The Kier molecular flexibility index (Phi) is 17.0. The van der Waals surface area contributed by atoms with Gasteiger partial charge in [-0.15, -0.1) is 30.1 Å². The molecule has 0 aliphatic rings. The molecule has 0 radical (unpaired) electrons. The van der Waals surface area contributed by atoms with Crippen LogP contribution in [0.15, 0.2) is 12.7 Å². The van der Waals surface area contributed by atoms with Crippen LogP contribution in [0.4, 0.5) is 0 Å². The minimum Gasteiger partial charge on any atom is -0.108 e. The van der Waals surface area contributed by atoms with Crippen molar-refractivity contribution < 1.29 is 0 Å². The predicted molar refractivity (Wildman–Crippen MR) is 99.6 cm³/mol. The van der Waals surface area contributed by atoms with Gasteiger partial charge >= 0.3 is 0 Å². The Hall–Kier alpha value is 0.530. The van der Waals surface area contributed by atoms with Crippen molar-refractivity contribution in [3.8, 4) is 0 Å². The van der Waals surface area contributed by atoms with E-state index in [0.717, 1.165) is 9.28 Å². The van der Waals surface area contributed by atoms with Crippen molar-refractivity contribution >= 4 is 39.3 Å². The van der Waals surface area contributed by atoms with Gasteiger partial charge in [0.2, 0.25) is 0 Å². The number of thioether (sulfide) groups is 2. The van der Waals surface area contributed by atoms with E-state index in [1.165, 1.54) is 70.0 Å². The van der Waals surface area contributed by atoms with Crippen molar-refractivity contribution in [3.63, 3.8) is 0 Å². The molecule has 0 amide bonds. The molecule has 0 atom stereocenters. The second kappa shape index (κ2) is 16.6.